The van der Waals surface area contributed by atoms with Crippen LogP contribution >= 0.6 is 0 Å². The van der Waals surface area contributed by atoms with Crippen molar-refractivity contribution >= 4 is 12.0 Å². The first-order chi connectivity index (χ1) is 10.8. The molecular formula is C18H27N3O. The number of nitrogens with one attached hydrogen (secondary N) is 1. The van der Waals surface area contributed by atoms with Crippen molar-refractivity contribution in [2.75, 3.05) is 19.6 Å². The lowest BCUT2D eigenvalue weighted by Gasteiger charge is -2.33. The molecule has 2 heterocycles. The second kappa shape index (κ2) is 9.36. The number of hydrogen-bond acceptors (Lipinski definition) is 3. The lowest BCUT2D eigenvalue weighted by Crippen LogP contribution is -2.38. The van der Waals surface area contributed by atoms with Crippen molar-refractivity contribution in [1.29, 1.82) is 0 Å². The molecule has 1 amide bonds. The van der Waals surface area contributed by atoms with E-state index < -0.39 is 0 Å². The van der Waals surface area contributed by atoms with Gasteiger partial charge in [0.15, 0.2) is 0 Å². The number of carbonyl (C=O) groups excluding carboxylic acids is 1. The fourth-order valence-electron chi connectivity index (χ4n) is 2.85. The van der Waals surface area contributed by atoms with Crippen LogP contribution < -0.4 is 5.32 Å². The number of carbonyl (C=O) groups is 1. The van der Waals surface area contributed by atoms with Crippen LogP contribution in [0.3, 0.4) is 0 Å². The Balaban J connectivity index is 1.56. The molecule has 1 atom stereocenters. The molecule has 0 spiro atoms. The number of pyridine rings is 1. The second-order valence-electron chi connectivity index (χ2n) is 5.99. The largest absolute Gasteiger partial charge is 0.353 e. The molecule has 22 heavy (non-hydrogen) atoms. The van der Waals surface area contributed by atoms with E-state index in [-0.39, 0.29) is 5.91 Å². The highest BCUT2D eigenvalue weighted by atomic mass is 16.1. The summed E-state index contributed by atoms with van der Waals surface area (Å²) in [5.41, 5.74) is 0.990. The third-order valence-corrected chi connectivity index (χ3v) is 4.25. The molecule has 0 unspecified atom stereocenters. The lowest BCUT2D eigenvalue weighted by molar-refractivity contribution is -0.116. The molecule has 1 aliphatic rings. The van der Waals surface area contributed by atoms with Crippen LogP contribution in [-0.2, 0) is 4.79 Å². The molecule has 1 fully saturated rings. The van der Waals surface area contributed by atoms with Crippen molar-refractivity contribution < 1.29 is 4.79 Å². The molecule has 1 aromatic rings. The summed E-state index contributed by atoms with van der Waals surface area (Å²) >= 11 is 0. The average Bonchev–Trinajstić information content (AvgIpc) is 2.55. The molecule has 2 rings (SSSR count). The summed E-state index contributed by atoms with van der Waals surface area (Å²) in [5.74, 6) is -0.0249. The number of aromatic nitrogens is 1. The minimum absolute atomic E-state index is 0.0249. The van der Waals surface area contributed by atoms with E-state index in [1.54, 1.807) is 18.5 Å². The average molecular weight is 301 g/mol. The van der Waals surface area contributed by atoms with Crippen LogP contribution in [0.5, 0.6) is 0 Å². The van der Waals surface area contributed by atoms with Crippen LogP contribution in [-0.4, -0.2) is 41.5 Å². The Morgan fingerprint density at radius 1 is 1.36 bits per heavy atom. The first kappa shape index (κ1) is 16.7. The third kappa shape index (κ3) is 5.98. The van der Waals surface area contributed by atoms with Gasteiger partial charge in [-0.15, -0.1) is 0 Å². The van der Waals surface area contributed by atoms with Gasteiger partial charge in [0.1, 0.15) is 0 Å². The highest BCUT2D eigenvalue weighted by Crippen LogP contribution is 2.16. The normalized spacial score (nSPS) is 19.4. The van der Waals surface area contributed by atoms with Crippen LogP contribution in [0, 0.1) is 0 Å². The van der Waals surface area contributed by atoms with Gasteiger partial charge in [-0.1, -0.05) is 6.42 Å². The predicted octanol–water partition coefficient (Wildman–Crippen LogP) is 2.87. The molecule has 4 nitrogen and oxygen atoms in total. The Morgan fingerprint density at radius 2 is 2.18 bits per heavy atom. The lowest BCUT2D eigenvalue weighted by atomic mass is 10.0. The molecular weight excluding hydrogens is 274 g/mol. The maximum Gasteiger partial charge on any atom is 0.243 e. The molecule has 1 aromatic heterocycles. The standard InChI is InChI=1S/C18H27N3O/c1-16-6-2-4-14-21(16)15-5-3-11-20-18(22)8-7-17-9-12-19-13-10-17/h7-10,12-13,16H,2-6,11,14-15H2,1H3,(H,20,22)/b8-7+/t16-/m0/s1. The van der Waals surface area contributed by atoms with Crippen LogP contribution in [0.2, 0.25) is 0 Å². The zero-order valence-corrected chi connectivity index (χ0v) is 13.5. The monoisotopic (exact) mass is 301 g/mol. The minimum Gasteiger partial charge on any atom is -0.353 e. The van der Waals surface area contributed by atoms with E-state index in [1.165, 1.54) is 25.8 Å². The smallest absolute Gasteiger partial charge is 0.243 e. The van der Waals surface area contributed by atoms with Crippen molar-refractivity contribution in [3.05, 3.63) is 36.2 Å². The van der Waals surface area contributed by atoms with Crippen molar-refractivity contribution in [1.82, 2.24) is 15.2 Å². The molecule has 0 aromatic carbocycles. The molecule has 0 saturated carbocycles. The first-order valence-electron chi connectivity index (χ1n) is 8.36. The molecule has 1 N–H and O–H groups in total. The highest BCUT2D eigenvalue weighted by Gasteiger charge is 2.16. The summed E-state index contributed by atoms with van der Waals surface area (Å²) in [6.07, 6.45) is 13.1. The number of likely N-dealkylation sites (tertiary alicyclic amines) is 1. The number of hydrogen-bond donors (Lipinski definition) is 1. The van der Waals surface area contributed by atoms with E-state index in [0.29, 0.717) is 0 Å². The number of piperidine rings is 1. The van der Waals surface area contributed by atoms with E-state index in [2.05, 4.69) is 22.1 Å². The number of nitrogens with zero attached hydrogens (tertiary/aromatic N) is 2. The summed E-state index contributed by atoms with van der Waals surface area (Å²) in [6.45, 7) is 5.47. The first-order valence-corrected chi connectivity index (χ1v) is 8.36. The van der Waals surface area contributed by atoms with Crippen molar-refractivity contribution in [3.8, 4) is 0 Å². The van der Waals surface area contributed by atoms with Crippen molar-refractivity contribution in [2.24, 2.45) is 0 Å². The Kier molecular flexibility index (Phi) is 7.10. The topological polar surface area (TPSA) is 45.2 Å². The second-order valence-corrected chi connectivity index (χ2v) is 5.99. The van der Waals surface area contributed by atoms with E-state index in [0.717, 1.165) is 37.5 Å². The van der Waals surface area contributed by atoms with Gasteiger partial charge >= 0.3 is 0 Å². The highest BCUT2D eigenvalue weighted by molar-refractivity contribution is 5.91. The van der Waals surface area contributed by atoms with Gasteiger partial charge < -0.3 is 10.2 Å². The number of rotatable bonds is 7. The van der Waals surface area contributed by atoms with Crippen LogP contribution in [0.25, 0.3) is 6.08 Å². The quantitative estimate of drug-likeness (QED) is 0.622. The van der Waals surface area contributed by atoms with Gasteiger partial charge in [-0.3, -0.25) is 9.78 Å². The molecule has 0 radical (unpaired) electrons. The fourth-order valence-corrected chi connectivity index (χ4v) is 2.85. The van der Waals surface area contributed by atoms with Gasteiger partial charge in [0.2, 0.25) is 5.91 Å². The maximum absolute atomic E-state index is 11.7. The van der Waals surface area contributed by atoms with E-state index in [1.807, 2.05) is 18.2 Å². The fraction of sp³-hybridized carbons (Fsp3) is 0.556. The Morgan fingerprint density at radius 3 is 2.95 bits per heavy atom. The Bertz CT molecular complexity index is 472. The summed E-state index contributed by atoms with van der Waals surface area (Å²) in [5, 5.41) is 2.94. The zero-order valence-electron chi connectivity index (χ0n) is 13.5. The Hall–Kier alpha value is -1.68. The van der Waals surface area contributed by atoms with Gasteiger partial charge in [0, 0.05) is 31.1 Å². The molecule has 0 aliphatic carbocycles. The summed E-state index contributed by atoms with van der Waals surface area (Å²) in [6, 6.07) is 4.49. The van der Waals surface area contributed by atoms with Crippen molar-refractivity contribution in [2.45, 2.75) is 45.1 Å². The predicted molar refractivity (Wildman–Crippen MR) is 90.4 cm³/mol. The summed E-state index contributed by atoms with van der Waals surface area (Å²) in [4.78, 5) is 18.2. The van der Waals surface area contributed by atoms with Crippen LogP contribution in [0.15, 0.2) is 30.6 Å². The molecule has 1 saturated heterocycles. The number of amides is 1. The molecule has 120 valence electrons. The van der Waals surface area contributed by atoms with Crippen molar-refractivity contribution in [3.63, 3.8) is 0 Å². The zero-order chi connectivity index (χ0) is 15.6. The van der Waals surface area contributed by atoms with Gasteiger partial charge in [-0.2, -0.15) is 0 Å². The summed E-state index contributed by atoms with van der Waals surface area (Å²) < 4.78 is 0. The Labute approximate surface area is 133 Å². The van der Waals surface area contributed by atoms with Crippen LogP contribution in [0.1, 0.15) is 44.6 Å². The van der Waals surface area contributed by atoms with E-state index in [4.69, 9.17) is 0 Å². The maximum atomic E-state index is 11.7. The summed E-state index contributed by atoms with van der Waals surface area (Å²) in [7, 11) is 0. The molecule has 1 aliphatic heterocycles. The number of unbranched alkanes of at least 4 members (excludes halogenated alkanes) is 1. The third-order valence-electron chi connectivity index (χ3n) is 4.25. The van der Waals surface area contributed by atoms with Crippen LogP contribution in [0.4, 0.5) is 0 Å². The van der Waals surface area contributed by atoms with Gasteiger partial charge in [0.25, 0.3) is 0 Å². The molecule has 4 heteroatoms. The van der Waals surface area contributed by atoms with E-state index in [9.17, 15) is 4.79 Å². The SMILES string of the molecule is C[C@H]1CCCCN1CCCCNC(=O)/C=C/c1ccncc1. The van der Waals surface area contributed by atoms with Gasteiger partial charge in [-0.25, -0.2) is 0 Å². The van der Waals surface area contributed by atoms with E-state index >= 15 is 0 Å². The van der Waals surface area contributed by atoms with Gasteiger partial charge in [0.05, 0.1) is 0 Å². The minimum atomic E-state index is -0.0249. The van der Waals surface area contributed by atoms with Gasteiger partial charge in [-0.05, 0) is 69.5 Å². The molecule has 0 bridgehead atoms.